The smallest absolute Gasteiger partial charge is 0.416 e. The Morgan fingerprint density at radius 2 is 1.78 bits per heavy atom. The monoisotopic (exact) mass is 437 g/mol. The van der Waals surface area contributed by atoms with Crippen LogP contribution < -0.4 is 5.32 Å². The van der Waals surface area contributed by atoms with Gasteiger partial charge in [0.05, 0.1) is 5.56 Å². The van der Waals surface area contributed by atoms with E-state index in [2.05, 4.69) is 5.32 Å². The molecule has 1 N–H and O–H groups in total. The van der Waals surface area contributed by atoms with Crippen LogP contribution >= 0.6 is 0 Å². The molecule has 0 bridgehead atoms. The number of rotatable bonds is 4. The maximum Gasteiger partial charge on any atom is 0.416 e. The fourth-order valence-corrected chi connectivity index (χ4v) is 3.50. The van der Waals surface area contributed by atoms with E-state index in [0.717, 1.165) is 17.7 Å². The lowest BCUT2D eigenvalue weighted by Crippen LogP contribution is -2.13. The standard InChI is InChI=1S/C25H18F3NO3/c26-25(27,28)20-8-4-7-17(12-20)11-19-13-18-14-21(9-10-22(18)23(19)30)29-24(31)32-15-16-5-2-1-3-6-16/h1-12,14H,13,15H2,(H,29,31)/b19-11+. The zero-order valence-corrected chi connectivity index (χ0v) is 16.8. The second-order valence-electron chi connectivity index (χ2n) is 7.36. The van der Waals surface area contributed by atoms with E-state index in [1.54, 1.807) is 18.2 Å². The van der Waals surface area contributed by atoms with Crippen molar-refractivity contribution in [2.75, 3.05) is 5.32 Å². The first-order valence-corrected chi connectivity index (χ1v) is 9.83. The molecule has 0 saturated carbocycles. The number of alkyl halides is 3. The van der Waals surface area contributed by atoms with Gasteiger partial charge in [0.2, 0.25) is 0 Å². The minimum absolute atomic E-state index is 0.125. The Morgan fingerprint density at radius 3 is 2.53 bits per heavy atom. The van der Waals surface area contributed by atoms with E-state index < -0.39 is 17.8 Å². The number of fused-ring (bicyclic) bond motifs is 1. The van der Waals surface area contributed by atoms with Crippen LogP contribution in [-0.2, 0) is 23.9 Å². The van der Waals surface area contributed by atoms with Gasteiger partial charge in [-0.05, 0) is 53.1 Å². The van der Waals surface area contributed by atoms with Gasteiger partial charge in [0, 0.05) is 23.2 Å². The molecule has 0 aliphatic heterocycles. The summed E-state index contributed by atoms with van der Waals surface area (Å²) in [5.74, 6) is -0.240. The number of ether oxygens (including phenoxy) is 1. The van der Waals surface area contributed by atoms with Gasteiger partial charge in [-0.25, -0.2) is 4.79 Å². The summed E-state index contributed by atoms with van der Waals surface area (Å²) in [6, 6.07) is 18.9. The summed E-state index contributed by atoms with van der Waals surface area (Å²) in [7, 11) is 0. The number of amides is 1. The molecule has 1 aliphatic rings. The van der Waals surface area contributed by atoms with Crippen LogP contribution in [-0.4, -0.2) is 11.9 Å². The quantitative estimate of drug-likeness (QED) is 0.489. The number of halogens is 3. The van der Waals surface area contributed by atoms with Crippen molar-refractivity contribution in [1.29, 1.82) is 0 Å². The lowest BCUT2D eigenvalue weighted by atomic mass is 10.1. The number of allylic oxidation sites excluding steroid dienone is 1. The number of Topliss-reactive ketones (excluding diaryl/α,β-unsaturated/α-hetero) is 1. The van der Waals surface area contributed by atoms with Crippen molar-refractivity contribution in [1.82, 2.24) is 0 Å². The Bertz CT molecular complexity index is 1200. The van der Waals surface area contributed by atoms with Crippen LogP contribution in [0.5, 0.6) is 0 Å². The minimum Gasteiger partial charge on any atom is -0.444 e. The Hall–Kier alpha value is -3.87. The summed E-state index contributed by atoms with van der Waals surface area (Å²) >= 11 is 0. The van der Waals surface area contributed by atoms with Gasteiger partial charge in [0.1, 0.15) is 6.61 Å². The van der Waals surface area contributed by atoms with Gasteiger partial charge in [-0.3, -0.25) is 10.1 Å². The summed E-state index contributed by atoms with van der Waals surface area (Å²) in [6.45, 7) is 0.125. The third kappa shape index (κ3) is 4.88. The van der Waals surface area contributed by atoms with E-state index in [1.165, 1.54) is 18.2 Å². The van der Waals surface area contributed by atoms with Crippen molar-refractivity contribution in [3.63, 3.8) is 0 Å². The van der Waals surface area contributed by atoms with Crippen LogP contribution in [0.25, 0.3) is 6.08 Å². The van der Waals surface area contributed by atoms with Gasteiger partial charge in [-0.1, -0.05) is 42.5 Å². The minimum atomic E-state index is -4.45. The number of benzene rings is 3. The predicted molar refractivity (Wildman–Crippen MR) is 114 cm³/mol. The number of carbonyl (C=O) groups excluding carboxylic acids is 2. The number of hydrogen-bond donors (Lipinski definition) is 1. The molecule has 3 aromatic rings. The molecule has 4 rings (SSSR count). The molecule has 7 heteroatoms. The molecule has 32 heavy (non-hydrogen) atoms. The second kappa shape index (κ2) is 8.70. The molecular weight excluding hydrogens is 419 g/mol. The summed E-state index contributed by atoms with van der Waals surface area (Å²) in [6.07, 6.45) is -3.34. The average Bonchev–Trinajstić information content (AvgIpc) is 3.07. The number of hydrogen-bond acceptors (Lipinski definition) is 3. The molecule has 4 nitrogen and oxygen atoms in total. The largest absolute Gasteiger partial charge is 0.444 e. The van der Waals surface area contributed by atoms with E-state index in [9.17, 15) is 22.8 Å². The summed E-state index contributed by atoms with van der Waals surface area (Å²) in [5, 5.41) is 2.63. The van der Waals surface area contributed by atoms with Gasteiger partial charge in [-0.2, -0.15) is 13.2 Å². The van der Waals surface area contributed by atoms with Gasteiger partial charge >= 0.3 is 12.3 Å². The first-order chi connectivity index (χ1) is 15.3. The molecule has 1 amide bonds. The van der Waals surface area contributed by atoms with Crippen molar-refractivity contribution in [3.05, 3.63) is 106 Å². The topological polar surface area (TPSA) is 55.4 Å². The van der Waals surface area contributed by atoms with Crippen molar-refractivity contribution in [3.8, 4) is 0 Å². The lowest BCUT2D eigenvalue weighted by Gasteiger charge is -2.08. The molecule has 0 fully saturated rings. The van der Waals surface area contributed by atoms with Crippen molar-refractivity contribution >= 4 is 23.6 Å². The Labute approximate surface area is 182 Å². The number of anilines is 1. The van der Waals surface area contributed by atoms with E-state index in [-0.39, 0.29) is 18.8 Å². The molecule has 0 unspecified atom stereocenters. The highest BCUT2D eigenvalue weighted by atomic mass is 19.4. The first kappa shape index (κ1) is 21.4. The van der Waals surface area contributed by atoms with Crippen LogP contribution in [0.1, 0.15) is 32.6 Å². The highest BCUT2D eigenvalue weighted by molar-refractivity contribution is 6.15. The van der Waals surface area contributed by atoms with E-state index in [0.29, 0.717) is 28.0 Å². The fraction of sp³-hybridized carbons (Fsp3) is 0.120. The molecule has 3 aromatic carbocycles. The Kier molecular flexibility index (Phi) is 5.81. The zero-order chi connectivity index (χ0) is 22.7. The van der Waals surface area contributed by atoms with Crippen LogP contribution in [0.2, 0.25) is 0 Å². The second-order valence-corrected chi connectivity index (χ2v) is 7.36. The molecule has 0 heterocycles. The molecule has 0 spiro atoms. The SMILES string of the molecule is O=C(Nc1ccc2c(c1)C/C(=C\c1cccc(C(F)(F)F)c1)C2=O)OCc1ccccc1. The van der Waals surface area contributed by atoms with Crippen LogP contribution in [0.15, 0.2) is 78.4 Å². The van der Waals surface area contributed by atoms with Crippen molar-refractivity contribution in [2.24, 2.45) is 0 Å². The maximum atomic E-state index is 12.9. The van der Waals surface area contributed by atoms with Gasteiger partial charge in [0.15, 0.2) is 5.78 Å². The molecular formula is C25H18F3NO3. The highest BCUT2D eigenvalue weighted by Crippen LogP contribution is 2.32. The third-order valence-electron chi connectivity index (χ3n) is 5.04. The van der Waals surface area contributed by atoms with Crippen LogP contribution in [0, 0.1) is 0 Å². The Morgan fingerprint density at radius 1 is 1.00 bits per heavy atom. The predicted octanol–water partition coefficient (Wildman–Crippen LogP) is 6.28. The summed E-state index contributed by atoms with van der Waals surface area (Å²) in [5.41, 5.74) is 2.40. The van der Waals surface area contributed by atoms with Gasteiger partial charge < -0.3 is 4.74 Å². The normalized spacial score (nSPS) is 14.3. The van der Waals surface area contributed by atoms with Crippen molar-refractivity contribution in [2.45, 2.75) is 19.2 Å². The van der Waals surface area contributed by atoms with Crippen LogP contribution in [0.3, 0.4) is 0 Å². The third-order valence-corrected chi connectivity index (χ3v) is 5.04. The maximum absolute atomic E-state index is 12.9. The fourth-order valence-electron chi connectivity index (χ4n) is 3.50. The number of carbonyl (C=O) groups is 2. The van der Waals surface area contributed by atoms with E-state index in [1.807, 2.05) is 30.3 Å². The van der Waals surface area contributed by atoms with Gasteiger partial charge in [0.25, 0.3) is 0 Å². The Balaban J connectivity index is 1.45. The lowest BCUT2D eigenvalue weighted by molar-refractivity contribution is -0.137. The van der Waals surface area contributed by atoms with Crippen LogP contribution in [0.4, 0.5) is 23.7 Å². The molecule has 1 aliphatic carbocycles. The average molecular weight is 437 g/mol. The summed E-state index contributed by atoms with van der Waals surface area (Å²) in [4.78, 5) is 24.7. The molecule has 162 valence electrons. The number of nitrogens with one attached hydrogen (secondary N) is 1. The van der Waals surface area contributed by atoms with Gasteiger partial charge in [-0.15, -0.1) is 0 Å². The van der Waals surface area contributed by atoms with E-state index in [4.69, 9.17) is 4.74 Å². The van der Waals surface area contributed by atoms with E-state index >= 15 is 0 Å². The molecule has 0 atom stereocenters. The first-order valence-electron chi connectivity index (χ1n) is 9.83. The zero-order valence-electron chi connectivity index (χ0n) is 16.8. The summed E-state index contributed by atoms with van der Waals surface area (Å²) < 4.78 is 44.0. The van der Waals surface area contributed by atoms with Crippen molar-refractivity contribution < 1.29 is 27.5 Å². The number of ketones is 1. The highest BCUT2D eigenvalue weighted by Gasteiger charge is 2.30. The molecule has 0 radical (unpaired) electrons. The molecule has 0 saturated heterocycles. The molecule has 0 aromatic heterocycles.